The lowest BCUT2D eigenvalue weighted by Gasteiger charge is -2.12. The number of anilines is 1. The zero-order valence-electron chi connectivity index (χ0n) is 14.8. The molecule has 0 unspecified atom stereocenters. The van der Waals surface area contributed by atoms with Gasteiger partial charge in [-0.2, -0.15) is 0 Å². The Kier molecular flexibility index (Phi) is 6.36. The highest BCUT2D eigenvalue weighted by atomic mass is 35.5. The topological polar surface area (TPSA) is 74.5 Å². The van der Waals surface area contributed by atoms with E-state index in [0.29, 0.717) is 22.2 Å². The summed E-state index contributed by atoms with van der Waals surface area (Å²) in [6, 6.07) is 13.7. The second-order valence-corrected chi connectivity index (χ2v) is 7.24. The van der Waals surface area contributed by atoms with Gasteiger partial charge >= 0.3 is 0 Å². The predicted molar refractivity (Wildman–Crippen MR) is 115 cm³/mol. The minimum absolute atomic E-state index is 0.133. The Balaban J connectivity index is 1.69. The Labute approximate surface area is 177 Å². The van der Waals surface area contributed by atoms with E-state index in [1.54, 1.807) is 24.3 Å². The quantitative estimate of drug-likeness (QED) is 0.493. The van der Waals surface area contributed by atoms with Gasteiger partial charge in [-0.3, -0.25) is 10.1 Å². The molecule has 0 saturated heterocycles. The Morgan fingerprint density at radius 1 is 1.14 bits per heavy atom. The first-order chi connectivity index (χ1) is 13.4. The number of rotatable bonds is 4. The van der Waals surface area contributed by atoms with Crippen LogP contribution < -0.4 is 10.6 Å². The summed E-state index contributed by atoms with van der Waals surface area (Å²) in [5, 5.41) is 15.5. The summed E-state index contributed by atoms with van der Waals surface area (Å²) in [5.74, 6) is 0.713. The number of aliphatic hydroxyl groups excluding tert-OH is 1. The molecule has 3 rings (SSSR count). The largest absolute Gasteiger partial charge is 0.459 e. The van der Waals surface area contributed by atoms with Crippen molar-refractivity contribution in [2.45, 2.75) is 13.5 Å². The minimum atomic E-state index is -0.453. The highest BCUT2D eigenvalue weighted by Gasteiger charge is 2.13. The van der Waals surface area contributed by atoms with Crippen LogP contribution >= 0.6 is 35.4 Å². The third-order valence-corrected chi connectivity index (χ3v) is 4.74. The smallest absolute Gasteiger partial charge is 0.258 e. The Bertz CT molecular complexity index is 1050. The van der Waals surface area contributed by atoms with Gasteiger partial charge in [0.25, 0.3) is 5.91 Å². The van der Waals surface area contributed by atoms with Crippen molar-refractivity contribution in [3.05, 3.63) is 75.5 Å². The van der Waals surface area contributed by atoms with Crippen LogP contribution in [0.15, 0.2) is 52.9 Å². The van der Waals surface area contributed by atoms with Crippen LogP contribution in [0.2, 0.25) is 10.0 Å². The maximum Gasteiger partial charge on any atom is 0.258 e. The van der Waals surface area contributed by atoms with Crippen LogP contribution in [-0.2, 0) is 6.61 Å². The lowest BCUT2D eigenvalue weighted by molar-refractivity contribution is 0.0978. The second kappa shape index (κ2) is 8.75. The molecule has 28 heavy (non-hydrogen) atoms. The van der Waals surface area contributed by atoms with Crippen molar-refractivity contribution in [3.63, 3.8) is 0 Å². The van der Waals surface area contributed by atoms with E-state index in [1.807, 2.05) is 25.1 Å². The molecule has 0 aliphatic carbocycles. The van der Waals surface area contributed by atoms with Gasteiger partial charge in [-0.25, -0.2) is 0 Å². The van der Waals surface area contributed by atoms with Crippen molar-refractivity contribution in [3.8, 4) is 11.3 Å². The standard InChI is InChI=1S/C20H16Cl2N2O3S/c1-11-8-13(3-5-15(11)18-7-4-14(10-25)27-18)23-20(28)24-19(26)16-9-12(21)2-6-17(16)22/h2-9,25H,10H2,1H3,(H2,23,24,26,28). The molecule has 0 radical (unpaired) electrons. The molecule has 1 amide bonds. The fraction of sp³-hybridized carbons (Fsp3) is 0.100. The van der Waals surface area contributed by atoms with Gasteiger partial charge in [-0.15, -0.1) is 0 Å². The summed E-state index contributed by atoms with van der Waals surface area (Å²) in [4.78, 5) is 12.3. The van der Waals surface area contributed by atoms with Crippen molar-refractivity contribution >= 4 is 52.1 Å². The molecule has 8 heteroatoms. The van der Waals surface area contributed by atoms with Crippen molar-refractivity contribution in [1.29, 1.82) is 0 Å². The first-order valence-corrected chi connectivity index (χ1v) is 9.42. The van der Waals surface area contributed by atoms with E-state index >= 15 is 0 Å². The molecule has 0 aliphatic rings. The zero-order valence-corrected chi connectivity index (χ0v) is 17.1. The highest BCUT2D eigenvalue weighted by Crippen LogP contribution is 2.28. The number of benzene rings is 2. The average molecular weight is 435 g/mol. The van der Waals surface area contributed by atoms with Crippen LogP contribution in [0.1, 0.15) is 21.7 Å². The zero-order chi connectivity index (χ0) is 20.3. The van der Waals surface area contributed by atoms with E-state index in [1.165, 1.54) is 6.07 Å². The summed E-state index contributed by atoms with van der Waals surface area (Å²) < 4.78 is 5.57. The van der Waals surface area contributed by atoms with Gasteiger partial charge in [0.15, 0.2) is 5.11 Å². The van der Waals surface area contributed by atoms with Gasteiger partial charge < -0.3 is 14.8 Å². The SMILES string of the molecule is Cc1cc(NC(=S)NC(=O)c2cc(Cl)ccc2Cl)ccc1-c1ccc(CO)o1. The third-order valence-electron chi connectivity index (χ3n) is 3.97. The molecule has 0 aliphatic heterocycles. The first-order valence-electron chi connectivity index (χ1n) is 8.25. The van der Waals surface area contributed by atoms with Crippen molar-refractivity contribution in [2.75, 3.05) is 5.32 Å². The van der Waals surface area contributed by atoms with E-state index in [9.17, 15) is 4.79 Å². The van der Waals surface area contributed by atoms with Gasteiger partial charge in [0.05, 0.1) is 10.6 Å². The minimum Gasteiger partial charge on any atom is -0.459 e. The molecule has 1 aromatic heterocycles. The molecule has 3 aromatic rings. The second-order valence-electron chi connectivity index (χ2n) is 5.99. The monoisotopic (exact) mass is 434 g/mol. The number of aryl methyl sites for hydroxylation is 1. The number of nitrogens with one attached hydrogen (secondary N) is 2. The van der Waals surface area contributed by atoms with Crippen molar-refractivity contribution in [2.24, 2.45) is 0 Å². The van der Waals surface area contributed by atoms with Crippen LogP contribution in [-0.4, -0.2) is 16.1 Å². The number of hydrogen-bond donors (Lipinski definition) is 3. The van der Waals surface area contributed by atoms with Gasteiger partial charge in [-0.1, -0.05) is 23.2 Å². The number of aliphatic hydroxyl groups is 1. The molecule has 0 bridgehead atoms. The van der Waals surface area contributed by atoms with Crippen molar-refractivity contribution < 1.29 is 14.3 Å². The van der Waals surface area contributed by atoms with Gasteiger partial charge in [0, 0.05) is 16.3 Å². The number of halogens is 2. The lowest BCUT2D eigenvalue weighted by atomic mass is 10.1. The van der Waals surface area contributed by atoms with E-state index < -0.39 is 5.91 Å². The van der Waals surface area contributed by atoms with E-state index in [4.69, 9.17) is 44.9 Å². The molecule has 2 aromatic carbocycles. The van der Waals surface area contributed by atoms with Gasteiger partial charge in [-0.05, 0) is 73.2 Å². The fourth-order valence-electron chi connectivity index (χ4n) is 2.63. The average Bonchev–Trinajstić information content (AvgIpc) is 3.12. The molecule has 0 spiro atoms. The number of furan rings is 1. The van der Waals surface area contributed by atoms with Crippen LogP contribution in [0, 0.1) is 6.92 Å². The summed E-state index contributed by atoms with van der Waals surface area (Å²) in [6.45, 7) is 1.78. The number of thiocarbonyl (C=S) groups is 1. The normalized spacial score (nSPS) is 10.6. The maximum atomic E-state index is 12.3. The van der Waals surface area contributed by atoms with Crippen LogP contribution in [0.4, 0.5) is 5.69 Å². The lowest BCUT2D eigenvalue weighted by Crippen LogP contribution is -2.34. The molecule has 1 heterocycles. The summed E-state index contributed by atoms with van der Waals surface area (Å²) >= 11 is 17.2. The molecule has 0 fully saturated rings. The van der Waals surface area contributed by atoms with Crippen LogP contribution in [0.3, 0.4) is 0 Å². The Hall–Kier alpha value is -2.38. The van der Waals surface area contributed by atoms with Crippen LogP contribution in [0.25, 0.3) is 11.3 Å². The van der Waals surface area contributed by atoms with E-state index in [0.717, 1.165) is 11.1 Å². The van der Waals surface area contributed by atoms with E-state index in [2.05, 4.69) is 10.6 Å². The van der Waals surface area contributed by atoms with E-state index in [-0.39, 0.29) is 22.3 Å². The molecule has 3 N–H and O–H groups in total. The number of carbonyl (C=O) groups is 1. The summed E-state index contributed by atoms with van der Waals surface area (Å²) in [6.07, 6.45) is 0. The first kappa shape index (κ1) is 20.4. The predicted octanol–water partition coefficient (Wildman–Crippen LogP) is 5.18. The maximum absolute atomic E-state index is 12.3. The highest BCUT2D eigenvalue weighted by molar-refractivity contribution is 7.80. The van der Waals surface area contributed by atoms with Crippen LogP contribution in [0.5, 0.6) is 0 Å². The fourth-order valence-corrected chi connectivity index (χ4v) is 3.22. The molecule has 0 atom stereocenters. The molecular formula is C20H16Cl2N2O3S. The van der Waals surface area contributed by atoms with Gasteiger partial charge in [0.1, 0.15) is 18.1 Å². The number of carbonyl (C=O) groups excluding carboxylic acids is 1. The number of amides is 1. The number of hydrogen-bond acceptors (Lipinski definition) is 4. The third kappa shape index (κ3) is 4.72. The summed E-state index contributed by atoms with van der Waals surface area (Å²) in [7, 11) is 0. The molecule has 0 saturated carbocycles. The molecular weight excluding hydrogens is 419 g/mol. The summed E-state index contributed by atoms with van der Waals surface area (Å²) in [5.41, 5.74) is 2.78. The van der Waals surface area contributed by atoms with Crippen molar-refractivity contribution in [1.82, 2.24) is 5.32 Å². The Morgan fingerprint density at radius 2 is 1.93 bits per heavy atom. The molecule has 144 valence electrons. The Morgan fingerprint density at radius 3 is 2.61 bits per heavy atom. The van der Waals surface area contributed by atoms with Gasteiger partial charge in [0.2, 0.25) is 0 Å². The molecule has 5 nitrogen and oxygen atoms in total.